The highest BCUT2D eigenvalue weighted by Crippen LogP contribution is 2.21. The lowest BCUT2D eigenvalue weighted by molar-refractivity contribution is 0.597. The Morgan fingerprint density at radius 1 is 1.47 bits per heavy atom. The molecule has 0 aliphatic carbocycles. The van der Waals surface area contributed by atoms with Gasteiger partial charge in [-0.2, -0.15) is 13.5 Å². The smallest absolute Gasteiger partial charge is 0.282 e. The maximum Gasteiger partial charge on any atom is 0.282 e. The number of aryl methyl sites for hydroxylation is 3. The second kappa shape index (κ2) is 4.57. The molecule has 0 bridgehead atoms. The monoisotopic (exact) mass is 284 g/mol. The van der Waals surface area contributed by atoms with E-state index >= 15 is 0 Å². The zero-order valence-electron chi connectivity index (χ0n) is 10.9. The third-order valence-corrected chi connectivity index (χ3v) is 4.00. The second-order valence-electron chi connectivity index (χ2n) is 4.13. The van der Waals surface area contributed by atoms with E-state index in [0.717, 1.165) is 0 Å². The summed E-state index contributed by atoms with van der Waals surface area (Å²) in [4.78, 5) is 4.02. The molecule has 0 aliphatic rings. The van der Waals surface area contributed by atoms with Crippen LogP contribution >= 0.6 is 0 Å². The van der Waals surface area contributed by atoms with Crippen LogP contribution in [0.5, 0.6) is 0 Å². The quantitative estimate of drug-likeness (QED) is 0.760. The van der Waals surface area contributed by atoms with Gasteiger partial charge in [0, 0.05) is 12.7 Å². The number of anilines is 2. The molecule has 2 rings (SSSR count). The van der Waals surface area contributed by atoms with Crippen molar-refractivity contribution in [1.29, 1.82) is 0 Å². The molecule has 0 unspecified atom stereocenters. The van der Waals surface area contributed by atoms with E-state index in [1.807, 2.05) is 6.92 Å². The third-order valence-electron chi connectivity index (χ3n) is 2.80. The van der Waals surface area contributed by atoms with Gasteiger partial charge in [-0.1, -0.05) is 0 Å². The maximum absolute atomic E-state index is 12.1. The van der Waals surface area contributed by atoms with Crippen molar-refractivity contribution in [1.82, 2.24) is 19.7 Å². The molecule has 0 saturated carbocycles. The minimum atomic E-state index is -3.78. The van der Waals surface area contributed by atoms with Crippen molar-refractivity contribution < 1.29 is 8.42 Å². The molecule has 8 nitrogen and oxygen atoms in total. The summed E-state index contributed by atoms with van der Waals surface area (Å²) in [5, 5.41) is 6.36. The Morgan fingerprint density at radius 2 is 2.16 bits per heavy atom. The predicted octanol–water partition coefficient (Wildman–Crippen LogP) is 0.626. The number of rotatable bonds is 4. The van der Waals surface area contributed by atoms with Gasteiger partial charge in [-0.3, -0.25) is 9.82 Å². The summed E-state index contributed by atoms with van der Waals surface area (Å²) in [6.07, 6.45) is 1.48. The van der Waals surface area contributed by atoms with Crippen LogP contribution in [-0.4, -0.2) is 28.2 Å². The summed E-state index contributed by atoms with van der Waals surface area (Å²) in [6.45, 7) is 6.01. The second-order valence-corrected chi connectivity index (χ2v) is 5.76. The van der Waals surface area contributed by atoms with Crippen LogP contribution in [0.2, 0.25) is 0 Å². The summed E-state index contributed by atoms with van der Waals surface area (Å²) in [5.74, 6) is 0.718. The minimum Gasteiger partial charge on any atom is -0.394 e. The molecule has 0 fully saturated rings. The molecule has 0 spiro atoms. The molecule has 0 amide bonds. The van der Waals surface area contributed by atoms with Crippen molar-refractivity contribution in [2.24, 2.45) is 0 Å². The highest BCUT2D eigenvalue weighted by Gasteiger charge is 2.21. The largest absolute Gasteiger partial charge is 0.394 e. The molecule has 2 aromatic rings. The Balaban J connectivity index is 2.35. The van der Waals surface area contributed by atoms with E-state index in [0.29, 0.717) is 18.1 Å². The zero-order valence-corrected chi connectivity index (χ0v) is 11.7. The molecule has 4 N–H and O–H groups in total. The number of aromatic nitrogens is 4. The first kappa shape index (κ1) is 13.4. The molecule has 0 saturated heterocycles. The van der Waals surface area contributed by atoms with E-state index in [-0.39, 0.29) is 16.5 Å². The number of nitrogens with two attached hydrogens (primary N) is 1. The van der Waals surface area contributed by atoms with E-state index in [9.17, 15) is 8.42 Å². The number of imidazole rings is 1. The van der Waals surface area contributed by atoms with Crippen molar-refractivity contribution in [3.05, 3.63) is 17.7 Å². The normalized spacial score (nSPS) is 11.7. The summed E-state index contributed by atoms with van der Waals surface area (Å²) in [7, 11) is -3.78. The lowest BCUT2D eigenvalue weighted by Gasteiger charge is -2.03. The number of nitrogen functional groups attached to an aromatic ring is 1. The van der Waals surface area contributed by atoms with Crippen molar-refractivity contribution in [2.45, 2.75) is 32.3 Å². The van der Waals surface area contributed by atoms with Gasteiger partial charge in [0.25, 0.3) is 10.0 Å². The first-order valence-corrected chi connectivity index (χ1v) is 7.20. The van der Waals surface area contributed by atoms with E-state index in [1.165, 1.54) is 6.20 Å². The fraction of sp³-hybridized carbons (Fsp3) is 0.400. The molecule has 19 heavy (non-hydrogen) atoms. The first-order valence-electron chi connectivity index (χ1n) is 5.72. The number of hydrogen-bond donors (Lipinski definition) is 3. The van der Waals surface area contributed by atoms with E-state index in [1.54, 1.807) is 18.4 Å². The van der Waals surface area contributed by atoms with Crippen LogP contribution in [-0.2, 0) is 16.6 Å². The van der Waals surface area contributed by atoms with Gasteiger partial charge in [0.15, 0.2) is 10.8 Å². The van der Waals surface area contributed by atoms with Gasteiger partial charge in [-0.05, 0) is 20.8 Å². The number of H-pyrrole nitrogens is 1. The fourth-order valence-electron chi connectivity index (χ4n) is 1.62. The summed E-state index contributed by atoms with van der Waals surface area (Å²) >= 11 is 0. The third kappa shape index (κ3) is 2.41. The van der Waals surface area contributed by atoms with Crippen LogP contribution in [0.4, 0.5) is 11.5 Å². The molecule has 0 radical (unpaired) electrons. The lowest BCUT2D eigenvalue weighted by Crippen LogP contribution is -2.14. The molecular formula is C10H16N6O2S. The number of aromatic amines is 1. The van der Waals surface area contributed by atoms with Crippen molar-refractivity contribution in [2.75, 3.05) is 10.5 Å². The first-order chi connectivity index (χ1) is 8.85. The Labute approximate surface area is 111 Å². The van der Waals surface area contributed by atoms with Gasteiger partial charge < -0.3 is 10.3 Å². The summed E-state index contributed by atoms with van der Waals surface area (Å²) in [5.41, 5.74) is 6.58. The van der Waals surface area contributed by atoms with Crippen molar-refractivity contribution in [3.63, 3.8) is 0 Å². The summed E-state index contributed by atoms with van der Waals surface area (Å²) in [6, 6.07) is 0. The standard InChI is InChI=1S/C10H16N6O2S/c1-4-16-5-8(12-7(16)3)19(17,18)15-10-9(11)6(2)13-14-10/h5H,4,11H2,1-3H3,(H2,13,14,15). The van der Waals surface area contributed by atoms with Gasteiger partial charge in [-0.15, -0.1) is 0 Å². The van der Waals surface area contributed by atoms with Gasteiger partial charge in [0.2, 0.25) is 0 Å². The Hall–Kier alpha value is -2.03. The lowest BCUT2D eigenvalue weighted by atomic mass is 10.4. The fourth-order valence-corrected chi connectivity index (χ4v) is 2.66. The highest BCUT2D eigenvalue weighted by atomic mass is 32.2. The van der Waals surface area contributed by atoms with Crippen LogP contribution in [0.15, 0.2) is 11.2 Å². The number of nitrogens with one attached hydrogen (secondary N) is 2. The molecule has 2 heterocycles. The van der Waals surface area contributed by atoms with Crippen LogP contribution in [0.25, 0.3) is 0 Å². The van der Waals surface area contributed by atoms with Gasteiger partial charge in [-0.25, -0.2) is 4.98 Å². The molecule has 0 atom stereocenters. The molecule has 0 aliphatic heterocycles. The molecule has 2 aromatic heterocycles. The van der Waals surface area contributed by atoms with Gasteiger partial charge in [0.05, 0.1) is 11.4 Å². The van der Waals surface area contributed by atoms with Crippen LogP contribution < -0.4 is 10.5 Å². The van der Waals surface area contributed by atoms with Crippen LogP contribution in [0.3, 0.4) is 0 Å². The van der Waals surface area contributed by atoms with Crippen molar-refractivity contribution in [3.8, 4) is 0 Å². The molecule has 104 valence electrons. The topological polar surface area (TPSA) is 119 Å². The van der Waals surface area contributed by atoms with Crippen LogP contribution in [0, 0.1) is 13.8 Å². The number of sulfonamides is 1. The maximum atomic E-state index is 12.1. The molecule has 9 heteroatoms. The van der Waals surface area contributed by atoms with E-state index < -0.39 is 10.0 Å². The molecule has 0 aromatic carbocycles. The Kier molecular flexibility index (Phi) is 3.23. The van der Waals surface area contributed by atoms with E-state index in [2.05, 4.69) is 19.9 Å². The average molecular weight is 284 g/mol. The number of nitrogens with zero attached hydrogens (tertiary/aromatic N) is 3. The Bertz CT molecular complexity index is 700. The summed E-state index contributed by atoms with van der Waals surface area (Å²) < 4.78 is 28.4. The molecular weight excluding hydrogens is 268 g/mol. The van der Waals surface area contributed by atoms with E-state index in [4.69, 9.17) is 5.73 Å². The highest BCUT2D eigenvalue weighted by molar-refractivity contribution is 7.92. The zero-order chi connectivity index (χ0) is 14.2. The SMILES string of the molecule is CCn1cc(S(=O)(=O)Nc2n[nH]c(C)c2N)nc1C. The van der Waals surface area contributed by atoms with Crippen molar-refractivity contribution >= 4 is 21.5 Å². The number of hydrogen-bond acceptors (Lipinski definition) is 5. The minimum absolute atomic E-state index is 0.0492. The average Bonchev–Trinajstić information content (AvgIpc) is 2.87. The Morgan fingerprint density at radius 3 is 2.63 bits per heavy atom. The predicted molar refractivity (Wildman–Crippen MR) is 71.2 cm³/mol. The van der Waals surface area contributed by atoms with Gasteiger partial charge in [0.1, 0.15) is 5.82 Å². The van der Waals surface area contributed by atoms with Gasteiger partial charge >= 0.3 is 0 Å². The van der Waals surface area contributed by atoms with Crippen LogP contribution in [0.1, 0.15) is 18.4 Å².